The van der Waals surface area contributed by atoms with Crippen LogP contribution in [0, 0.1) is 0 Å². The molecule has 8 heteroatoms. The molecule has 2 heterocycles. The Kier molecular flexibility index (Phi) is 4.51. The number of nitrogens with zero attached hydrogens (tertiary/aromatic N) is 2. The van der Waals surface area contributed by atoms with Crippen LogP contribution in [0.2, 0.25) is 0 Å². The standard InChI is InChI=1S/C16H14Br2N4O2/c1-21-8-9(17)7-12(21)15(23)19-20-16(24)14-13(18)10-5-3-4-6-11(10)22(14)2/h3-8H,1-2H3,(H,19,23)(H,20,24). The van der Waals surface area contributed by atoms with Gasteiger partial charge in [-0.1, -0.05) is 18.2 Å². The van der Waals surface area contributed by atoms with Gasteiger partial charge in [-0.15, -0.1) is 0 Å². The predicted octanol–water partition coefficient (Wildman–Crippen LogP) is 3.12. The van der Waals surface area contributed by atoms with E-state index in [0.29, 0.717) is 15.9 Å². The molecule has 2 amide bonds. The van der Waals surface area contributed by atoms with Gasteiger partial charge in [-0.25, -0.2) is 0 Å². The molecule has 0 fully saturated rings. The van der Waals surface area contributed by atoms with Gasteiger partial charge in [0.15, 0.2) is 0 Å². The maximum absolute atomic E-state index is 12.5. The van der Waals surface area contributed by atoms with E-state index in [0.717, 1.165) is 15.4 Å². The van der Waals surface area contributed by atoms with E-state index in [1.807, 2.05) is 24.3 Å². The lowest BCUT2D eigenvalue weighted by Gasteiger charge is -2.09. The highest BCUT2D eigenvalue weighted by atomic mass is 79.9. The molecular formula is C16H14Br2N4O2. The molecule has 2 aromatic heterocycles. The van der Waals surface area contributed by atoms with E-state index >= 15 is 0 Å². The number of fused-ring (bicyclic) bond motifs is 1. The average Bonchev–Trinajstić information content (AvgIpc) is 3.02. The number of hydrogen-bond acceptors (Lipinski definition) is 2. The van der Waals surface area contributed by atoms with Gasteiger partial charge in [0.2, 0.25) is 0 Å². The Morgan fingerprint density at radius 1 is 1.04 bits per heavy atom. The molecule has 0 radical (unpaired) electrons. The number of para-hydroxylation sites is 1. The minimum Gasteiger partial charge on any atom is -0.345 e. The molecule has 24 heavy (non-hydrogen) atoms. The zero-order valence-corrected chi connectivity index (χ0v) is 16.1. The summed E-state index contributed by atoms with van der Waals surface area (Å²) in [6, 6.07) is 9.34. The summed E-state index contributed by atoms with van der Waals surface area (Å²) >= 11 is 6.77. The van der Waals surface area contributed by atoms with Crippen LogP contribution < -0.4 is 10.9 Å². The van der Waals surface area contributed by atoms with Gasteiger partial charge in [-0.05, 0) is 44.0 Å². The number of halogens is 2. The molecule has 0 unspecified atom stereocenters. The van der Waals surface area contributed by atoms with Crippen molar-refractivity contribution in [2.24, 2.45) is 14.1 Å². The number of hydrazine groups is 1. The van der Waals surface area contributed by atoms with Crippen molar-refractivity contribution in [1.29, 1.82) is 0 Å². The summed E-state index contributed by atoms with van der Waals surface area (Å²) in [6.45, 7) is 0. The van der Waals surface area contributed by atoms with Gasteiger partial charge in [0, 0.05) is 35.7 Å². The molecule has 1 aromatic carbocycles. The molecule has 3 rings (SSSR count). The third-order valence-electron chi connectivity index (χ3n) is 3.75. The van der Waals surface area contributed by atoms with Crippen molar-refractivity contribution in [3.8, 4) is 0 Å². The van der Waals surface area contributed by atoms with E-state index in [1.165, 1.54) is 0 Å². The Morgan fingerprint density at radius 2 is 1.71 bits per heavy atom. The first-order valence-electron chi connectivity index (χ1n) is 7.05. The molecular weight excluding hydrogens is 440 g/mol. The van der Waals surface area contributed by atoms with Gasteiger partial charge in [0.1, 0.15) is 11.4 Å². The summed E-state index contributed by atoms with van der Waals surface area (Å²) in [4.78, 5) is 24.7. The third-order valence-corrected chi connectivity index (χ3v) is 4.99. The van der Waals surface area contributed by atoms with Crippen LogP contribution in [-0.2, 0) is 14.1 Å². The number of hydrogen-bond donors (Lipinski definition) is 2. The molecule has 124 valence electrons. The van der Waals surface area contributed by atoms with Crippen molar-refractivity contribution in [2.45, 2.75) is 0 Å². The SMILES string of the molecule is Cn1cc(Br)cc1C(=O)NNC(=O)c1c(Br)c2ccccc2n1C. The van der Waals surface area contributed by atoms with Gasteiger partial charge in [0.05, 0.1) is 4.47 Å². The van der Waals surface area contributed by atoms with E-state index in [1.54, 1.807) is 35.5 Å². The highest BCUT2D eigenvalue weighted by Crippen LogP contribution is 2.29. The van der Waals surface area contributed by atoms with Crippen LogP contribution in [0.5, 0.6) is 0 Å². The first-order valence-corrected chi connectivity index (χ1v) is 8.64. The smallest absolute Gasteiger partial charge is 0.287 e. The van der Waals surface area contributed by atoms with Crippen molar-refractivity contribution in [3.05, 3.63) is 56.9 Å². The Labute approximate surface area is 155 Å². The first-order chi connectivity index (χ1) is 11.4. The van der Waals surface area contributed by atoms with Crippen molar-refractivity contribution >= 4 is 54.6 Å². The van der Waals surface area contributed by atoms with Crippen molar-refractivity contribution in [2.75, 3.05) is 0 Å². The van der Waals surface area contributed by atoms with E-state index in [9.17, 15) is 9.59 Å². The Bertz CT molecular complexity index is 920. The topological polar surface area (TPSA) is 68.1 Å². The zero-order chi connectivity index (χ0) is 17.4. The van der Waals surface area contributed by atoms with Crippen LogP contribution in [0.1, 0.15) is 21.0 Å². The van der Waals surface area contributed by atoms with E-state index in [2.05, 4.69) is 42.7 Å². The van der Waals surface area contributed by atoms with Gasteiger partial charge >= 0.3 is 0 Å². The van der Waals surface area contributed by atoms with E-state index < -0.39 is 11.8 Å². The Hall–Kier alpha value is -2.06. The van der Waals surface area contributed by atoms with Crippen LogP contribution in [0.3, 0.4) is 0 Å². The highest BCUT2D eigenvalue weighted by molar-refractivity contribution is 9.11. The van der Waals surface area contributed by atoms with Gasteiger partial charge < -0.3 is 9.13 Å². The predicted molar refractivity (Wildman–Crippen MR) is 98.7 cm³/mol. The van der Waals surface area contributed by atoms with Crippen LogP contribution in [0.4, 0.5) is 0 Å². The fourth-order valence-corrected chi connectivity index (χ4v) is 3.89. The number of aryl methyl sites for hydroxylation is 2. The second-order valence-corrected chi connectivity index (χ2v) is 7.01. The average molecular weight is 454 g/mol. The molecule has 0 spiro atoms. The maximum atomic E-state index is 12.5. The largest absolute Gasteiger partial charge is 0.345 e. The Balaban J connectivity index is 1.81. The van der Waals surface area contributed by atoms with Crippen molar-refractivity contribution in [3.63, 3.8) is 0 Å². The lowest BCUT2D eigenvalue weighted by Crippen LogP contribution is -2.42. The van der Waals surface area contributed by atoms with Gasteiger partial charge in [-0.2, -0.15) is 0 Å². The molecule has 0 saturated heterocycles. The summed E-state index contributed by atoms with van der Waals surface area (Å²) < 4.78 is 4.92. The third kappa shape index (κ3) is 2.87. The molecule has 0 aliphatic heterocycles. The van der Waals surface area contributed by atoms with Crippen LogP contribution >= 0.6 is 31.9 Å². The summed E-state index contributed by atoms with van der Waals surface area (Å²) in [7, 11) is 3.56. The fraction of sp³-hybridized carbons (Fsp3) is 0.125. The fourth-order valence-electron chi connectivity index (χ4n) is 2.59. The first kappa shape index (κ1) is 16.8. The highest BCUT2D eigenvalue weighted by Gasteiger charge is 2.20. The monoisotopic (exact) mass is 452 g/mol. The lowest BCUT2D eigenvalue weighted by atomic mass is 10.2. The van der Waals surface area contributed by atoms with Gasteiger partial charge in [0.25, 0.3) is 11.8 Å². The number of amides is 2. The molecule has 6 nitrogen and oxygen atoms in total. The zero-order valence-electron chi connectivity index (χ0n) is 12.9. The van der Waals surface area contributed by atoms with Crippen molar-refractivity contribution in [1.82, 2.24) is 20.0 Å². The molecule has 3 aromatic rings. The summed E-state index contributed by atoms with van der Waals surface area (Å²) in [5, 5.41) is 0.933. The second kappa shape index (κ2) is 6.45. The molecule has 0 aliphatic carbocycles. The summed E-state index contributed by atoms with van der Waals surface area (Å²) in [5.74, 6) is -0.798. The number of carbonyl (C=O) groups excluding carboxylic acids is 2. The minimum absolute atomic E-state index is 0.397. The molecule has 0 bridgehead atoms. The summed E-state index contributed by atoms with van der Waals surface area (Å²) in [5.41, 5.74) is 6.68. The molecule has 0 saturated carbocycles. The number of nitrogens with one attached hydrogen (secondary N) is 2. The van der Waals surface area contributed by atoms with E-state index in [4.69, 9.17) is 0 Å². The molecule has 0 atom stereocenters. The number of benzene rings is 1. The maximum Gasteiger partial charge on any atom is 0.287 e. The number of rotatable bonds is 2. The number of aromatic nitrogens is 2. The van der Waals surface area contributed by atoms with Crippen LogP contribution in [0.25, 0.3) is 10.9 Å². The van der Waals surface area contributed by atoms with Crippen molar-refractivity contribution < 1.29 is 9.59 Å². The molecule has 2 N–H and O–H groups in total. The van der Waals surface area contributed by atoms with Crippen LogP contribution in [-0.4, -0.2) is 20.9 Å². The number of carbonyl (C=O) groups is 2. The normalized spacial score (nSPS) is 10.8. The quantitative estimate of drug-likeness (QED) is 0.585. The lowest BCUT2D eigenvalue weighted by molar-refractivity contribution is 0.0837. The van der Waals surface area contributed by atoms with E-state index in [-0.39, 0.29) is 0 Å². The molecule has 0 aliphatic rings. The second-order valence-electron chi connectivity index (χ2n) is 5.30. The minimum atomic E-state index is -0.401. The van der Waals surface area contributed by atoms with Crippen LogP contribution in [0.15, 0.2) is 45.5 Å². The van der Waals surface area contributed by atoms with Gasteiger partial charge in [-0.3, -0.25) is 20.4 Å². The Morgan fingerprint density at radius 3 is 2.33 bits per heavy atom. The summed E-state index contributed by atoms with van der Waals surface area (Å²) in [6.07, 6.45) is 1.76.